The minimum Gasteiger partial charge on any atom is -0.488 e. The number of ether oxygens (including phenoxy) is 1. The first kappa shape index (κ1) is 18.4. The first-order valence-electron chi connectivity index (χ1n) is 9.15. The Balaban J connectivity index is 1.69. The molecule has 2 aromatic rings. The molecule has 1 aliphatic rings. The van der Waals surface area contributed by atoms with E-state index in [9.17, 15) is 4.79 Å². The summed E-state index contributed by atoms with van der Waals surface area (Å²) in [4.78, 5) is 18.9. The molecule has 0 aliphatic carbocycles. The molecule has 1 atom stereocenters. The first-order valence-corrected chi connectivity index (χ1v) is 9.15. The molecule has 1 saturated heterocycles. The van der Waals surface area contributed by atoms with Gasteiger partial charge in [-0.15, -0.1) is 0 Å². The number of rotatable bonds is 6. The van der Waals surface area contributed by atoms with E-state index in [-0.39, 0.29) is 5.91 Å². The Morgan fingerprint density at radius 1 is 1.35 bits per heavy atom. The summed E-state index contributed by atoms with van der Waals surface area (Å²) in [5.74, 6) is 1.52. The number of carbonyl (C=O) groups excluding carboxylic acids is 1. The van der Waals surface area contributed by atoms with E-state index in [1.807, 2.05) is 50.1 Å². The molecule has 26 heavy (non-hydrogen) atoms. The number of benzene rings is 1. The lowest BCUT2D eigenvalue weighted by atomic mass is 10.0. The predicted octanol–water partition coefficient (Wildman–Crippen LogP) is 2.96. The average Bonchev–Trinajstić information content (AvgIpc) is 3.10. The third-order valence-corrected chi connectivity index (χ3v) is 4.88. The molecule has 0 spiro atoms. The van der Waals surface area contributed by atoms with Crippen LogP contribution in [0, 0.1) is 19.8 Å². The molecule has 1 aromatic heterocycles. The van der Waals surface area contributed by atoms with Crippen molar-refractivity contribution in [3.63, 3.8) is 0 Å². The number of carbonyl (C=O) groups is 1. The second-order valence-electron chi connectivity index (χ2n) is 7.05. The molecule has 138 valence electrons. The predicted molar refractivity (Wildman–Crippen MR) is 102 cm³/mol. The Labute approximate surface area is 155 Å². The van der Waals surface area contributed by atoms with Crippen molar-refractivity contribution in [3.05, 3.63) is 58.9 Å². The maximum absolute atomic E-state index is 12.8. The fraction of sp³-hybridized carbons (Fsp3) is 0.429. The van der Waals surface area contributed by atoms with Gasteiger partial charge in [-0.2, -0.15) is 0 Å². The fourth-order valence-corrected chi connectivity index (χ4v) is 3.60. The average molecular weight is 353 g/mol. The van der Waals surface area contributed by atoms with Crippen LogP contribution < -0.4 is 10.1 Å². The quantitative estimate of drug-likeness (QED) is 0.867. The van der Waals surface area contributed by atoms with E-state index in [1.54, 1.807) is 12.4 Å². The van der Waals surface area contributed by atoms with Gasteiger partial charge in [0.05, 0.1) is 0 Å². The molecule has 1 aliphatic heterocycles. The van der Waals surface area contributed by atoms with Crippen LogP contribution in [0.4, 0.5) is 0 Å². The molecule has 3 rings (SSSR count). The van der Waals surface area contributed by atoms with Crippen LogP contribution in [0.2, 0.25) is 0 Å². The van der Waals surface area contributed by atoms with E-state index in [2.05, 4.69) is 10.3 Å². The van der Waals surface area contributed by atoms with E-state index in [0.29, 0.717) is 12.5 Å². The zero-order chi connectivity index (χ0) is 18.5. The van der Waals surface area contributed by atoms with Gasteiger partial charge in [-0.05, 0) is 69.1 Å². The summed E-state index contributed by atoms with van der Waals surface area (Å²) in [5.41, 5.74) is 3.75. The smallest absolute Gasteiger partial charge is 0.253 e. The summed E-state index contributed by atoms with van der Waals surface area (Å²) in [6.07, 6.45) is 4.62. The van der Waals surface area contributed by atoms with E-state index < -0.39 is 0 Å². The molecule has 2 heterocycles. The maximum Gasteiger partial charge on any atom is 0.253 e. The van der Waals surface area contributed by atoms with Crippen molar-refractivity contribution in [2.24, 2.45) is 5.92 Å². The van der Waals surface area contributed by atoms with Crippen LogP contribution in [0.25, 0.3) is 0 Å². The Morgan fingerprint density at radius 3 is 2.77 bits per heavy atom. The third kappa shape index (κ3) is 4.22. The first-order chi connectivity index (χ1) is 12.6. The van der Waals surface area contributed by atoms with Crippen molar-refractivity contribution >= 4 is 5.91 Å². The number of pyridine rings is 1. The molecular weight excluding hydrogens is 326 g/mol. The van der Waals surface area contributed by atoms with Gasteiger partial charge >= 0.3 is 0 Å². The van der Waals surface area contributed by atoms with Gasteiger partial charge in [-0.3, -0.25) is 9.78 Å². The number of aromatic nitrogens is 1. The SMILES string of the molecule is CNC[C@@H]1CCN(C(=O)c2cc(C)c(OCc3cccnc3)c(C)c2)C1. The highest BCUT2D eigenvalue weighted by Gasteiger charge is 2.27. The summed E-state index contributed by atoms with van der Waals surface area (Å²) in [6, 6.07) is 7.78. The van der Waals surface area contributed by atoms with Crippen molar-refractivity contribution in [1.82, 2.24) is 15.2 Å². The largest absolute Gasteiger partial charge is 0.488 e. The Bertz CT molecular complexity index is 738. The van der Waals surface area contributed by atoms with Crippen LogP contribution in [-0.4, -0.2) is 42.5 Å². The van der Waals surface area contributed by atoms with E-state index in [0.717, 1.165) is 54.1 Å². The van der Waals surface area contributed by atoms with Gasteiger partial charge in [0.2, 0.25) is 0 Å². The molecular formula is C21H27N3O2. The molecule has 0 saturated carbocycles. The Kier molecular flexibility index (Phi) is 5.89. The number of amides is 1. The summed E-state index contributed by atoms with van der Waals surface area (Å²) < 4.78 is 5.99. The van der Waals surface area contributed by atoms with Gasteiger partial charge in [-0.25, -0.2) is 0 Å². The summed E-state index contributed by atoms with van der Waals surface area (Å²) in [6.45, 7) is 7.09. The molecule has 1 amide bonds. The lowest BCUT2D eigenvalue weighted by Crippen LogP contribution is -2.30. The van der Waals surface area contributed by atoms with Gasteiger partial charge in [0, 0.05) is 36.6 Å². The highest BCUT2D eigenvalue weighted by molar-refractivity contribution is 5.95. The highest BCUT2D eigenvalue weighted by atomic mass is 16.5. The molecule has 0 radical (unpaired) electrons. The molecule has 1 fully saturated rings. The zero-order valence-corrected chi connectivity index (χ0v) is 15.8. The zero-order valence-electron chi connectivity index (χ0n) is 15.8. The van der Waals surface area contributed by atoms with E-state index in [1.165, 1.54) is 0 Å². The molecule has 5 nitrogen and oxygen atoms in total. The standard InChI is InChI=1S/C21H27N3O2/c1-15-9-19(21(25)24-8-6-17(13-24)11-22-3)10-16(2)20(15)26-14-18-5-4-7-23-12-18/h4-5,7,9-10,12,17,22H,6,8,11,13-14H2,1-3H3/t17-/m0/s1. The number of hydrogen-bond donors (Lipinski definition) is 1. The van der Waals surface area contributed by atoms with Gasteiger partial charge in [0.25, 0.3) is 5.91 Å². The lowest BCUT2D eigenvalue weighted by molar-refractivity contribution is 0.0787. The van der Waals surface area contributed by atoms with Crippen LogP contribution in [0.1, 0.15) is 33.5 Å². The van der Waals surface area contributed by atoms with Crippen LogP contribution >= 0.6 is 0 Å². The van der Waals surface area contributed by atoms with Crippen molar-refractivity contribution < 1.29 is 9.53 Å². The summed E-state index contributed by atoms with van der Waals surface area (Å²) in [5, 5.41) is 3.20. The summed E-state index contributed by atoms with van der Waals surface area (Å²) >= 11 is 0. The molecule has 1 aromatic carbocycles. The van der Waals surface area contributed by atoms with Gasteiger partial charge in [0.1, 0.15) is 12.4 Å². The number of nitrogens with one attached hydrogen (secondary N) is 1. The Hall–Kier alpha value is -2.40. The monoisotopic (exact) mass is 353 g/mol. The van der Waals surface area contributed by atoms with Crippen molar-refractivity contribution in [2.45, 2.75) is 26.9 Å². The maximum atomic E-state index is 12.8. The van der Waals surface area contributed by atoms with Crippen LogP contribution in [0.15, 0.2) is 36.7 Å². The number of hydrogen-bond acceptors (Lipinski definition) is 4. The third-order valence-electron chi connectivity index (χ3n) is 4.88. The molecule has 0 unspecified atom stereocenters. The second kappa shape index (κ2) is 8.32. The second-order valence-corrected chi connectivity index (χ2v) is 7.05. The van der Waals surface area contributed by atoms with Crippen LogP contribution in [-0.2, 0) is 6.61 Å². The van der Waals surface area contributed by atoms with Crippen molar-refractivity contribution in [3.8, 4) is 5.75 Å². The molecule has 0 bridgehead atoms. The Morgan fingerprint density at radius 2 is 2.12 bits per heavy atom. The van der Waals surface area contributed by atoms with Crippen LogP contribution in [0.5, 0.6) is 5.75 Å². The topological polar surface area (TPSA) is 54.5 Å². The van der Waals surface area contributed by atoms with Gasteiger partial charge in [-0.1, -0.05) is 6.07 Å². The highest BCUT2D eigenvalue weighted by Crippen LogP contribution is 2.27. The van der Waals surface area contributed by atoms with Gasteiger partial charge < -0.3 is 15.0 Å². The number of likely N-dealkylation sites (tertiary alicyclic amines) is 1. The van der Waals surface area contributed by atoms with Gasteiger partial charge in [0.15, 0.2) is 0 Å². The van der Waals surface area contributed by atoms with Crippen molar-refractivity contribution in [1.29, 1.82) is 0 Å². The molecule has 1 N–H and O–H groups in total. The minimum atomic E-state index is 0.119. The normalized spacial score (nSPS) is 16.7. The van der Waals surface area contributed by atoms with E-state index in [4.69, 9.17) is 4.74 Å². The number of nitrogens with zero attached hydrogens (tertiary/aromatic N) is 2. The van der Waals surface area contributed by atoms with Crippen molar-refractivity contribution in [2.75, 3.05) is 26.7 Å². The molecule has 5 heteroatoms. The number of aryl methyl sites for hydroxylation is 2. The van der Waals surface area contributed by atoms with Crippen LogP contribution in [0.3, 0.4) is 0 Å². The minimum absolute atomic E-state index is 0.119. The lowest BCUT2D eigenvalue weighted by Gasteiger charge is -2.19. The fourth-order valence-electron chi connectivity index (χ4n) is 3.60. The van der Waals surface area contributed by atoms with E-state index >= 15 is 0 Å². The summed E-state index contributed by atoms with van der Waals surface area (Å²) in [7, 11) is 1.96.